The van der Waals surface area contributed by atoms with Gasteiger partial charge in [0.1, 0.15) is 0 Å². The number of β-lactam (4-membered cyclic amide) rings is 1. The van der Waals surface area contributed by atoms with E-state index in [1.54, 1.807) is 19.1 Å². The molecule has 4 nitrogen and oxygen atoms in total. The van der Waals surface area contributed by atoms with Crippen LogP contribution >= 0.6 is 11.6 Å². The van der Waals surface area contributed by atoms with Crippen molar-refractivity contribution in [3.05, 3.63) is 34.9 Å². The van der Waals surface area contributed by atoms with E-state index in [1.165, 1.54) is 0 Å². The molecule has 1 heterocycles. The number of carbonyl (C=O) groups is 1. The average Bonchev–Trinajstić information content (AvgIpc) is 2.35. The molecule has 1 aliphatic rings. The molecule has 0 aliphatic carbocycles. The van der Waals surface area contributed by atoms with E-state index in [0.717, 1.165) is 5.56 Å². The summed E-state index contributed by atoms with van der Waals surface area (Å²) in [6.07, 6.45) is -0.881. The molecule has 0 aromatic heterocycles. The molecule has 18 heavy (non-hydrogen) atoms. The maximum atomic E-state index is 11.5. The molecule has 5 heteroatoms. The molecule has 0 saturated carbocycles. The van der Waals surface area contributed by atoms with Crippen LogP contribution in [0.15, 0.2) is 24.3 Å². The molecular weight excluding hydrogens is 254 g/mol. The summed E-state index contributed by atoms with van der Waals surface area (Å²) in [5, 5.41) is 3.48. The lowest BCUT2D eigenvalue weighted by atomic mass is 9.94. The molecule has 0 spiro atoms. The highest BCUT2D eigenvalue weighted by molar-refractivity contribution is 6.30. The number of benzene rings is 1. The normalized spacial score (nSPS) is 24.3. The number of rotatable bonds is 5. The molecule has 1 N–H and O–H groups in total. The minimum Gasteiger partial charge on any atom is -0.353 e. The van der Waals surface area contributed by atoms with Gasteiger partial charge in [0.25, 0.3) is 5.91 Å². The summed E-state index contributed by atoms with van der Waals surface area (Å²) in [5.41, 5.74) is 0.979. The number of carbonyl (C=O) groups excluding carboxylic acids is 1. The van der Waals surface area contributed by atoms with Gasteiger partial charge >= 0.3 is 0 Å². The third kappa shape index (κ3) is 2.83. The Kier molecular flexibility index (Phi) is 4.22. The topological polar surface area (TPSA) is 47.6 Å². The summed E-state index contributed by atoms with van der Waals surface area (Å²) in [7, 11) is 0. The lowest BCUT2D eigenvalue weighted by Crippen LogP contribution is -2.58. The second kappa shape index (κ2) is 5.69. The smallest absolute Gasteiger partial charge is 0.252 e. The van der Waals surface area contributed by atoms with Crippen molar-refractivity contribution in [2.45, 2.75) is 32.3 Å². The van der Waals surface area contributed by atoms with E-state index in [2.05, 4.69) is 5.32 Å². The number of halogens is 1. The van der Waals surface area contributed by atoms with Gasteiger partial charge in [0, 0.05) is 11.6 Å². The van der Waals surface area contributed by atoms with Gasteiger partial charge in [-0.15, -0.1) is 0 Å². The SMILES string of the molecule is CCOC(C)O[C@H]1C(=O)N[C@H]1c1ccc(Cl)cc1. The van der Waals surface area contributed by atoms with E-state index in [-0.39, 0.29) is 18.2 Å². The van der Waals surface area contributed by atoms with E-state index in [0.29, 0.717) is 11.6 Å². The van der Waals surface area contributed by atoms with Gasteiger partial charge in [-0.2, -0.15) is 0 Å². The predicted molar refractivity (Wildman–Crippen MR) is 68.3 cm³/mol. The monoisotopic (exact) mass is 269 g/mol. The van der Waals surface area contributed by atoms with Crippen LogP contribution in [0, 0.1) is 0 Å². The molecular formula is C13H16ClNO3. The number of amides is 1. The van der Waals surface area contributed by atoms with Crippen LogP contribution < -0.4 is 5.32 Å². The first-order chi connectivity index (χ1) is 8.61. The predicted octanol–water partition coefficient (Wildman–Crippen LogP) is 2.28. The van der Waals surface area contributed by atoms with Gasteiger partial charge in [-0.25, -0.2) is 0 Å². The largest absolute Gasteiger partial charge is 0.353 e. The maximum absolute atomic E-state index is 11.5. The summed E-state index contributed by atoms with van der Waals surface area (Å²) in [6, 6.07) is 7.23. The zero-order valence-corrected chi connectivity index (χ0v) is 11.1. The summed E-state index contributed by atoms with van der Waals surface area (Å²) in [6.45, 7) is 4.23. The maximum Gasteiger partial charge on any atom is 0.252 e. The minimum absolute atomic E-state index is 0.110. The summed E-state index contributed by atoms with van der Waals surface area (Å²) < 4.78 is 10.8. The van der Waals surface area contributed by atoms with E-state index in [9.17, 15) is 4.79 Å². The molecule has 2 rings (SSSR count). The number of ether oxygens (including phenoxy) is 2. The zero-order chi connectivity index (χ0) is 13.1. The number of hydrogen-bond donors (Lipinski definition) is 1. The Morgan fingerprint density at radius 3 is 2.61 bits per heavy atom. The van der Waals surface area contributed by atoms with Crippen molar-refractivity contribution in [3.63, 3.8) is 0 Å². The summed E-state index contributed by atoms with van der Waals surface area (Å²) in [4.78, 5) is 11.5. The van der Waals surface area contributed by atoms with Crippen LogP contribution in [0.5, 0.6) is 0 Å². The van der Waals surface area contributed by atoms with Crippen LogP contribution in [0.3, 0.4) is 0 Å². The fourth-order valence-electron chi connectivity index (χ4n) is 1.92. The fourth-order valence-corrected chi connectivity index (χ4v) is 2.04. The third-order valence-corrected chi connectivity index (χ3v) is 3.08. The number of hydrogen-bond acceptors (Lipinski definition) is 3. The van der Waals surface area contributed by atoms with Crippen LogP contribution in [0.4, 0.5) is 0 Å². The summed E-state index contributed by atoms with van der Waals surface area (Å²) >= 11 is 5.83. The van der Waals surface area contributed by atoms with Gasteiger partial charge in [0.2, 0.25) is 0 Å². The van der Waals surface area contributed by atoms with Crippen molar-refractivity contribution in [1.82, 2.24) is 5.32 Å². The van der Waals surface area contributed by atoms with Crippen LogP contribution in [0.25, 0.3) is 0 Å². The van der Waals surface area contributed by atoms with Crippen molar-refractivity contribution in [3.8, 4) is 0 Å². The van der Waals surface area contributed by atoms with Crippen molar-refractivity contribution < 1.29 is 14.3 Å². The number of nitrogens with one attached hydrogen (secondary N) is 1. The Labute approximate surface area is 111 Å². The van der Waals surface area contributed by atoms with Crippen LogP contribution in [-0.2, 0) is 14.3 Å². The Morgan fingerprint density at radius 1 is 1.39 bits per heavy atom. The molecule has 1 saturated heterocycles. The van der Waals surface area contributed by atoms with Crippen LogP contribution in [0.1, 0.15) is 25.5 Å². The first-order valence-electron chi connectivity index (χ1n) is 5.94. The minimum atomic E-state index is -0.493. The second-order valence-electron chi connectivity index (χ2n) is 4.12. The standard InChI is InChI=1S/C13H16ClNO3/c1-3-17-8(2)18-12-11(15-13(12)16)9-4-6-10(14)7-5-9/h4-8,11-12H,3H2,1-2H3,(H,15,16)/t8?,11-,12+/m0/s1. The molecule has 1 amide bonds. The third-order valence-electron chi connectivity index (χ3n) is 2.83. The first-order valence-corrected chi connectivity index (χ1v) is 6.32. The van der Waals surface area contributed by atoms with E-state index in [4.69, 9.17) is 21.1 Å². The van der Waals surface area contributed by atoms with Crippen molar-refractivity contribution in [1.29, 1.82) is 0 Å². The zero-order valence-electron chi connectivity index (χ0n) is 10.4. The molecule has 98 valence electrons. The Hall–Kier alpha value is -1.10. The Morgan fingerprint density at radius 2 is 2.06 bits per heavy atom. The molecule has 0 bridgehead atoms. The van der Waals surface area contributed by atoms with Gasteiger partial charge in [-0.05, 0) is 31.5 Å². The molecule has 3 atom stereocenters. The molecule has 1 unspecified atom stereocenters. The average molecular weight is 270 g/mol. The van der Waals surface area contributed by atoms with Gasteiger partial charge in [-0.1, -0.05) is 23.7 Å². The lowest BCUT2D eigenvalue weighted by molar-refractivity contribution is -0.191. The van der Waals surface area contributed by atoms with E-state index < -0.39 is 6.10 Å². The van der Waals surface area contributed by atoms with Gasteiger partial charge in [-0.3, -0.25) is 4.79 Å². The first kappa shape index (κ1) is 13.3. The Bertz CT molecular complexity index is 421. The molecule has 1 aromatic carbocycles. The van der Waals surface area contributed by atoms with E-state index >= 15 is 0 Å². The van der Waals surface area contributed by atoms with E-state index in [1.807, 2.05) is 19.1 Å². The van der Waals surface area contributed by atoms with Crippen LogP contribution in [0.2, 0.25) is 5.02 Å². The molecule has 1 fully saturated rings. The van der Waals surface area contributed by atoms with Crippen molar-refractivity contribution in [2.24, 2.45) is 0 Å². The van der Waals surface area contributed by atoms with Crippen LogP contribution in [-0.4, -0.2) is 24.9 Å². The van der Waals surface area contributed by atoms with Crippen molar-refractivity contribution in [2.75, 3.05) is 6.61 Å². The van der Waals surface area contributed by atoms with Gasteiger partial charge in [0.05, 0.1) is 6.04 Å². The quantitative estimate of drug-likeness (QED) is 0.659. The van der Waals surface area contributed by atoms with Crippen molar-refractivity contribution >= 4 is 17.5 Å². The molecule has 1 aromatic rings. The van der Waals surface area contributed by atoms with Gasteiger partial charge in [0.15, 0.2) is 12.4 Å². The highest BCUT2D eigenvalue weighted by Gasteiger charge is 2.42. The Balaban J connectivity index is 2.01. The highest BCUT2D eigenvalue weighted by Crippen LogP contribution is 2.29. The van der Waals surface area contributed by atoms with Gasteiger partial charge < -0.3 is 14.8 Å². The second-order valence-corrected chi connectivity index (χ2v) is 4.55. The summed E-state index contributed by atoms with van der Waals surface area (Å²) in [5.74, 6) is -0.110. The highest BCUT2D eigenvalue weighted by atomic mass is 35.5. The molecule has 0 radical (unpaired) electrons. The molecule has 1 aliphatic heterocycles. The fraction of sp³-hybridized carbons (Fsp3) is 0.462. The lowest BCUT2D eigenvalue weighted by Gasteiger charge is -2.38.